The third-order valence-corrected chi connectivity index (χ3v) is 4.28. The summed E-state index contributed by atoms with van der Waals surface area (Å²) >= 11 is 0. The topological polar surface area (TPSA) is 34.1 Å². The van der Waals surface area contributed by atoms with Crippen molar-refractivity contribution in [2.45, 2.75) is 59.5 Å². The summed E-state index contributed by atoms with van der Waals surface area (Å²) in [7, 11) is 1.73. The molecule has 0 aliphatic heterocycles. The third kappa shape index (κ3) is 3.27. The molecular formula is C16H26N2O. The highest BCUT2D eigenvalue weighted by molar-refractivity contribution is 5.41. The summed E-state index contributed by atoms with van der Waals surface area (Å²) in [6.07, 6.45) is 5.75. The zero-order valence-electron chi connectivity index (χ0n) is 12.8. The second-order valence-corrected chi connectivity index (χ2v) is 6.53. The van der Waals surface area contributed by atoms with E-state index >= 15 is 0 Å². The van der Waals surface area contributed by atoms with Crippen LogP contribution in [-0.2, 0) is 6.54 Å². The molecule has 0 bridgehead atoms. The van der Waals surface area contributed by atoms with E-state index in [1.165, 1.54) is 19.3 Å². The van der Waals surface area contributed by atoms with Gasteiger partial charge in [0.1, 0.15) is 5.75 Å². The Morgan fingerprint density at radius 3 is 2.74 bits per heavy atom. The van der Waals surface area contributed by atoms with E-state index in [2.05, 4.69) is 31.1 Å². The molecule has 1 aliphatic carbocycles. The van der Waals surface area contributed by atoms with E-state index in [1.54, 1.807) is 7.11 Å². The van der Waals surface area contributed by atoms with Crippen molar-refractivity contribution in [3.8, 4) is 5.75 Å². The Hall–Kier alpha value is -1.09. The van der Waals surface area contributed by atoms with Gasteiger partial charge in [-0.2, -0.15) is 0 Å². The fourth-order valence-electron chi connectivity index (χ4n) is 3.10. The molecule has 1 fully saturated rings. The number of nitrogens with zero attached hydrogens (tertiary/aromatic N) is 1. The molecule has 1 heterocycles. The predicted octanol–water partition coefficient (Wildman–Crippen LogP) is 3.38. The van der Waals surface area contributed by atoms with Crippen LogP contribution in [0.25, 0.3) is 0 Å². The van der Waals surface area contributed by atoms with Crippen molar-refractivity contribution >= 4 is 0 Å². The van der Waals surface area contributed by atoms with Crippen LogP contribution in [-0.4, -0.2) is 18.1 Å². The van der Waals surface area contributed by atoms with E-state index in [-0.39, 0.29) is 0 Å². The minimum atomic E-state index is 0.491. The molecule has 106 valence electrons. The fraction of sp³-hybridized carbons (Fsp3) is 0.688. The minimum absolute atomic E-state index is 0.491. The van der Waals surface area contributed by atoms with Gasteiger partial charge in [0, 0.05) is 29.9 Å². The third-order valence-electron chi connectivity index (χ3n) is 4.28. The Bertz CT molecular complexity index is 454. The number of hydrogen-bond acceptors (Lipinski definition) is 3. The maximum atomic E-state index is 5.45. The Kier molecular flexibility index (Phi) is 4.14. The van der Waals surface area contributed by atoms with Crippen molar-refractivity contribution in [2.75, 3.05) is 7.11 Å². The summed E-state index contributed by atoms with van der Waals surface area (Å²) in [4.78, 5) is 4.54. The second kappa shape index (κ2) is 5.49. The quantitative estimate of drug-likeness (QED) is 0.903. The lowest BCUT2D eigenvalue weighted by molar-refractivity contribution is 0.363. The number of aryl methyl sites for hydroxylation is 1. The van der Waals surface area contributed by atoms with Gasteiger partial charge >= 0.3 is 0 Å². The molecule has 1 saturated carbocycles. The lowest BCUT2D eigenvalue weighted by Gasteiger charge is -2.18. The summed E-state index contributed by atoms with van der Waals surface area (Å²) in [5, 5.41) is 3.65. The zero-order valence-corrected chi connectivity index (χ0v) is 12.8. The maximum absolute atomic E-state index is 5.45. The molecule has 1 unspecified atom stereocenters. The summed E-state index contributed by atoms with van der Waals surface area (Å²) in [6.45, 7) is 9.67. The first-order chi connectivity index (χ1) is 8.93. The van der Waals surface area contributed by atoms with E-state index < -0.39 is 0 Å². The van der Waals surface area contributed by atoms with Gasteiger partial charge in [0.15, 0.2) is 0 Å². The number of methoxy groups -OCH3 is 1. The summed E-state index contributed by atoms with van der Waals surface area (Å²) in [5.74, 6) is 0.971. The van der Waals surface area contributed by atoms with Crippen molar-refractivity contribution in [1.82, 2.24) is 10.3 Å². The SMILES string of the molecule is COc1c(C)cnc(CNC2CCC(C)(C)C2)c1C. The Morgan fingerprint density at radius 1 is 1.42 bits per heavy atom. The Labute approximate surface area is 116 Å². The van der Waals surface area contributed by atoms with Crippen molar-refractivity contribution in [3.05, 3.63) is 23.0 Å². The standard InChI is InChI=1S/C16H26N2O/c1-11-9-18-14(12(2)15(11)19-5)10-17-13-6-7-16(3,4)8-13/h9,13,17H,6-8,10H2,1-5H3. The van der Waals surface area contributed by atoms with Crippen LogP contribution in [0.1, 0.15) is 49.9 Å². The van der Waals surface area contributed by atoms with Crippen molar-refractivity contribution in [3.63, 3.8) is 0 Å². The van der Waals surface area contributed by atoms with Gasteiger partial charge < -0.3 is 10.1 Å². The van der Waals surface area contributed by atoms with Crippen LogP contribution in [0.4, 0.5) is 0 Å². The molecule has 19 heavy (non-hydrogen) atoms. The van der Waals surface area contributed by atoms with Crippen LogP contribution < -0.4 is 10.1 Å². The van der Waals surface area contributed by atoms with Gasteiger partial charge in [-0.3, -0.25) is 4.98 Å². The highest BCUT2D eigenvalue weighted by Crippen LogP contribution is 2.37. The molecule has 1 aromatic heterocycles. The molecular weight excluding hydrogens is 236 g/mol. The molecule has 1 aliphatic rings. The zero-order chi connectivity index (χ0) is 14.0. The van der Waals surface area contributed by atoms with Gasteiger partial charge in [-0.1, -0.05) is 13.8 Å². The minimum Gasteiger partial charge on any atom is -0.496 e. The van der Waals surface area contributed by atoms with Gasteiger partial charge in [-0.15, -0.1) is 0 Å². The largest absolute Gasteiger partial charge is 0.496 e. The smallest absolute Gasteiger partial charge is 0.128 e. The lowest BCUT2D eigenvalue weighted by Crippen LogP contribution is -2.27. The van der Waals surface area contributed by atoms with E-state index in [1.807, 2.05) is 13.1 Å². The average molecular weight is 262 g/mol. The maximum Gasteiger partial charge on any atom is 0.128 e. The first-order valence-electron chi connectivity index (χ1n) is 7.15. The molecule has 0 amide bonds. The number of hydrogen-bond donors (Lipinski definition) is 1. The second-order valence-electron chi connectivity index (χ2n) is 6.53. The molecule has 1 N–H and O–H groups in total. The Balaban J connectivity index is 2.01. The van der Waals surface area contributed by atoms with Crippen molar-refractivity contribution < 1.29 is 4.74 Å². The fourth-order valence-corrected chi connectivity index (χ4v) is 3.10. The first-order valence-corrected chi connectivity index (χ1v) is 7.15. The highest BCUT2D eigenvalue weighted by atomic mass is 16.5. The molecule has 0 radical (unpaired) electrons. The molecule has 0 aromatic carbocycles. The van der Waals surface area contributed by atoms with E-state index in [0.717, 1.165) is 29.1 Å². The Morgan fingerprint density at radius 2 is 2.16 bits per heavy atom. The average Bonchev–Trinajstić information content (AvgIpc) is 2.69. The van der Waals surface area contributed by atoms with Crippen LogP contribution in [0.5, 0.6) is 5.75 Å². The number of nitrogens with one attached hydrogen (secondary N) is 1. The summed E-state index contributed by atoms with van der Waals surface area (Å²) in [6, 6.07) is 0.628. The number of aromatic nitrogens is 1. The molecule has 2 rings (SSSR count). The van der Waals surface area contributed by atoms with Crippen molar-refractivity contribution in [2.24, 2.45) is 5.41 Å². The van der Waals surface area contributed by atoms with Crippen LogP contribution in [0.3, 0.4) is 0 Å². The van der Waals surface area contributed by atoms with Gasteiger partial charge in [0.05, 0.1) is 12.8 Å². The van der Waals surface area contributed by atoms with Crippen LogP contribution in [0, 0.1) is 19.3 Å². The van der Waals surface area contributed by atoms with Gasteiger partial charge in [-0.25, -0.2) is 0 Å². The summed E-state index contributed by atoms with van der Waals surface area (Å²) in [5.41, 5.74) is 3.86. The summed E-state index contributed by atoms with van der Waals surface area (Å²) < 4.78 is 5.45. The monoisotopic (exact) mass is 262 g/mol. The van der Waals surface area contributed by atoms with Crippen LogP contribution >= 0.6 is 0 Å². The number of pyridine rings is 1. The molecule has 3 nitrogen and oxygen atoms in total. The normalized spacial score (nSPS) is 21.6. The molecule has 1 aromatic rings. The van der Waals surface area contributed by atoms with E-state index in [9.17, 15) is 0 Å². The van der Waals surface area contributed by atoms with Crippen LogP contribution in [0.15, 0.2) is 6.20 Å². The number of ether oxygens (including phenoxy) is 1. The predicted molar refractivity (Wildman–Crippen MR) is 78.5 cm³/mol. The van der Waals surface area contributed by atoms with Gasteiger partial charge in [-0.05, 0) is 38.5 Å². The van der Waals surface area contributed by atoms with Crippen molar-refractivity contribution in [1.29, 1.82) is 0 Å². The molecule has 1 atom stereocenters. The van der Waals surface area contributed by atoms with Gasteiger partial charge in [0.2, 0.25) is 0 Å². The van der Waals surface area contributed by atoms with E-state index in [4.69, 9.17) is 4.74 Å². The first kappa shape index (κ1) is 14.3. The molecule has 0 saturated heterocycles. The van der Waals surface area contributed by atoms with Gasteiger partial charge in [0.25, 0.3) is 0 Å². The highest BCUT2D eigenvalue weighted by Gasteiger charge is 2.30. The van der Waals surface area contributed by atoms with Crippen LogP contribution in [0.2, 0.25) is 0 Å². The molecule has 3 heteroatoms. The molecule has 0 spiro atoms. The van der Waals surface area contributed by atoms with E-state index in [0.29, 0.717) is 11.5 Å². The number of rotatable bonds is 4. The lowest BCUT2D eigenvalue weighted by atomic mass is 9.92.